The fourth-order valence-corrected chi connectivity index (χ4v) is 3.80. The molecule has 6 nitrogen and oxygen atoms in total. The van der Waals surface area contributed by atoms with Gasteiger partial charge in [-0.1, -0.05) is 18.2 Å². The number of carbonyl (C=O) groups excluding carboxylic acids is 1. The minimum absolute atomic E-state index is 0.133. The first-order chi connectivity index (χ1) is 11.6. The monoisotopic (exact) mass is 345 g/mol. The summed E-state index contributed by atoms with van der Waals surface area (Å²) in [5, 5.41) is 11.7. The maximum atomic E-state index is 12.6. The van der Waals surface area contributed by atoms with Crippen molar-refractivity contribution in [1.29, 1.82) is 0 Å². The van der Waals surface area contributed by atoms with Gasteiger partial charge in [-0.05, 0) is 25.0 Å². The summed E-state index contributed by atoms with van der Waals surface area (Å²) in [6.45, 7) is 1.04. The lowest BCUT2D eigenvalue weighted by molar-refractivity contribution is 0.0988. The van der Waals surface area contributed by atoms with E-state index in [-0.39, 0.29) is 11.8 Å². The van der Waals surface area contributed by atoms with Gasteiger partial charge in [-0.2, -0.15) is 0 Å². The van der Waals surface area contributed by atoms with Gasteiger partial charge >= 0.3 is 6.09 Å². The third kappa shape index (κ3) is 3.41. The van der Waals surface area contributed by atoms with Crippen molar-refractivity contribution in [2.75, 3.05) is 25.0 Å². The van der Waals surface area contributed by atoms with E-state index in [0.717, 1.165) is 23.5 Å². The SMILES string of the molecule is CN(C(=O)c1csc(C2CCN(C(=O)O)CC2)n1)c1ccccc1. The van der Waals surface area contributed by atoms with Crippen molar-refractivity contribution in [1.82, 2.24) is 9.88 Å². The average Bonchev–Trinajstić information content (AvgIpc) is 3.11. The number of aromatic nitrogens is 1. The van der Waals surface area contributed by atoms with Crippen molar-refractivity contribution in [3.05, 3.63) is 46.4 Å². The van der Waals surface area contributed by atoms with Crippen molar-refractivity contribution >= 4 is 29.0 Å². The van der Waals surface area contributed by atoms with E-state index in [2.05, 4.69) is 4.98 Å². The van der Waals surface area contributed by atoms with Crippen LogP contribution in [0.3, 0.4) is 0 Å². The minimum atomic E-state index is -0.868. The van der Waals surface area contributed by atoms with E-state index in [0.29, 0.717) is 18.8 Å². The second-order valence-corrected chi connectivity index (χ2v) is 6.70. The molecule has 0 saturated carbocycles. The summed E-state index contributed by atoms with van der Waals surface area (Å²) in [6.07, 6.45) is 0.636. The first-order valence-corrected chi connectivity index (χ1v) is 8.70. The van der Waals surface area contributed by atoms with Crippen LogP contribution < -0.4 is 4.90 Å². The fourth-order valence-electron chi connectivity index (χ4n) is 2.83. The van der Waals surface area contributed by atoms with Gasteiger partial charge in [0.1, 0.15) is 5.69 Å². The Balaban J connectivity index is 1.67. The number of anilines is 1. The molecule has 126 valence electrons. The zero-order valence-electron chi connectivity index (χ0n) is 13.4. The van der Waals surface area contributed by atoms with Crippen LogP contribution in [0.1, 0.15) is 34.3 Å². The van der Waals surface area contributed by atoms with Crippen molar-refractivity contribution < 1.29 is 14.7 Å². The number of carbonyl (C=O) groups is 2. The van der Waals surface area contributed by atoms with Crippen LogP contribution in [0.4, 0.5) is 10.5 Å². The predicted octanol–water partition coefficient (Wildman–Crippen LogP) is 3.28. The number of para-hydroxylation sites is 1. The van der Waals surface area contributed by atoms with Gasteiger partial charge in [0.25, 0.3) is 5.91 Å². The number of thiazole rings is 1. The van der Waals surface area contributed by atoms with Crippen molar-refractivity contribution in [3.8, 4) is 0 Å². The Hall–Kier alpha value is -2.41. The molecule has 0 aliphatic carbocycles. The largest absolute Gasteiger partial charge is 0.465 e. The van der Waals surface area contributed by atoms with E-state index in [1.165, 1.54) is 16.2 Å². The van der Waals surface area contributed by atoms with Gasteiger partial charge in [-0.15, -0.1) is 11.3 Å². The predicted molar refractivity (Wildman–Crippen MR) is 92.9 cm³/mol. The number of amides is 2. The lowest BCUT2D eigenvalue weighted by Gasteiger charge is -2.28. The Morgan fingerprint density at radius 1 is 1.25 bits per heavy atom. The Morgan fingerprint density at radius 2 is 1.92 bits per heavy atom. The van der Waals surface area contributed by atoms with Crippen LogP contribution >= 0.6 is 11.3 Å². The highest BCUT2D eigenvalue weighted by molar-refractivity contribution is 7.10. The van der Waals surface area contributed by atoms with Gasteiger partial charge in [-0.25, -0.2) is 9.78 Å². The molecule has 1 fully saturated rings. The second kappa shape index (κ2) is 7.00. The summed E-state index contributed by atoms with van der Waals surface area (Å²) >= 11 is 1.48. The summed E-state index contributed by atoms with van der Waals surface area (Å²) < 4.78 is 0. The molecule has 3 rings (SSSR count). The van der Waals surface area contributed by atoms with Crippen molar-refractivity contribution in [2.24, 2.45) is 0 Å². The Kier molecular flexibility index (Phi) is 4.80. The maximum absolute atomic E-state index is 12.6. The second-order valence-electron chi connectivity index (χ2n) is 5.81. The van der Waals surface area contributed by atoms with E-state index >= 15 is 0 Å². The summed E-state index contributed by atoms with van der Waals surface area (Å²) in [5.41, 5.74) is 1.27. The summed E-state index contributed by atoms with van der Waals surface area (Å²) in [5.74, 6) is 0.0980. The lowest BCUT2D eigenvalue weighted by atomic mass is 9.98. The summed E-state index contributed by atoms with van der Waals surface area (Å²) in [7, 11) is 1.74. The molecule has 24 heavy (non-hydrogen) atoms. The number of rotatable bonds is 3. The number of piperidine rings is 1. The highest BCUT2D eigenvalue weighted by Crippen LogP contribution is 2.30. The number of benzene rings is 1. The fraction of sp³-hybridized carbons (Fsp3) is 0.353. The molecule has 1 aliphatic heterocycles. The highest BCUT2D eigenvalue weighted by Gasteiger charge is 2.26. The molecule has 1 saturated heterocycles. The van der Waals surface area contributed by atoms with Crippen LogP contribution in [-0.4, -0.2) is 47.1 Å². The third-order valence-electron chi connectivity index (χ3n) is 4.30. The Morgan fingerprint density at radius 3 is 2.54 bits per heavy atom. The molecular weight excluding hydrogens is 326 g/mol. The summed E-state index contributed by atoms with van der Waals surface area (Å²) in [6, 6.07) is 9.45. The minimum Gasteiger partial charge on any atom is -0.465 e. The van der Waals surface area contributed by atoms with Crippen LogP contribution in [-0.2, 0) is 0 Å². The highest BCUT2D eigenvalue weighted by atomic mass is 32.1. The Labute approximate surface area is 144 Å². The van der Waals surface area contributed by atoms with Crippen molar-refractivity contribution in [2.45, 2.75) is 18.8 Å². The van der Waals surface area contributed by atoms with Gasteiger partial charge < -0.3 is 14.9 Å². The van der Waals surface area contributed by atoms with E-state index < -0.39 is 6.09 Å². The molecule has 1 aliphatic rings. The topological polar surface area (TPSA) is 73.7 Å². The molecule has 7 heteroatoms. The molecule has 0 spiro atoms. The van der Waals surface area contributed by atoms with Crippen molar-refractivity contribution in [3.63, 3.8) is 0 Å². The molecular formula is C17H19N3O3S. The first kappa shape index (κ1) is 16.4. The zero-order valence-corrected chi connectivity index (χ0v) is 14.2. The van der Waals surface area contributed by atoms with Crippen LogP contribution in [0, 0.1) is 0 Å². The van der Waals surface area contributed by atoms with E-state index in [4.69, 9.17) is 5.11 Å². The van der Waals surface area contributed by atoms with Gasteiger partial charge in [-0.3, -0.25) is 4.79 Å². The smallest absolute Gasteiger partial charge is 0.407 e. The van der Waals surface area contributed by atoms with Gasteiger partial charge in [0.05, 0.1) is 5.01 Å². The molecule has 1 aromatic carbocycles. The van der Waals surface area contributed by atoms with Crippen LogP contribution in [0.25, 0.3) is 0 Å². The van der Waals surface area contributed by atoms with Crippen LogP contribution in [0.5, 0.6) is 0 Å². The number of hydrogen-bond acceptors (Lipinski definition) is 4. The van der Waals surface area contributed by atoms with E-state index in [1.807, 2.05) is 30.3 Å². The van der Waals surface area contributed by atoms with E-state index in [9.17, 15) is 9.59 Å². The van der Waals surface area contributed by atoms with Gasteiger partial charge in [0, 0.05) is 37.1 Å². The number of carboxylic acid groups (broad SMARTS) is 1. The average molecular weight is 345 g/mol. The van der Waals surface area contributed by atoms with E-state index in [1.54, 1.807) is 17.3 Å². The molecule has 1 aromatic heterocycles. The van der Waals surface area contributed by atoms with Crippen LogP contribution in [0.2, 0.25) is 0 Å². The molecule has 0 unspecified atom stereocenters. The number of nitrogens with zero attached hydrogens (tertiary/aromatic N) is 3. The molecule has 2 aromatic rings. The summed E-state index contributed by atoms with van der Waals surface area (Å²) in [4.78, 5) is 31.1. The Bertz CT molecular complexity index is 724. The van der Waals surface area contributed by atoms with Gasteiger partial charge in [0.15, 0.2) is 0 Å². The normalized spacial score (nSPS) is 15.3. The number of likely N-dealkylation sites (tertiary alicyclic amines) is 1. The molecule has 0 bridgehead atoms. The zero-order chi connectivity index (χ0) is 17.1. The van der Waals surface area contributed by atoms with Gasteiger partial charge in [0.2, 0.25) is 0 Å². The molecule has 1 N–H and O–H groups in total. The first-order valence-electron chi connectivity index (χ1n) is 7.82. The maximum Gasteiger partial charge on any atom is 0.407 e. The van der Waals surface area contributed by atoms with Crippen LogP contribution in [0.15, 0.2) is 35.7 Å². The number of hydrogen-bond donors (Lipinski definition) is 1. The third-order valence-corrected chi connectivity index (χ3v) is 5.31. The molecule has 2 amide bonds. The molecule has 0 radical (unpaired) electrons. The molecule has 2 heterocycles. The standard InChI is InChI=1S/C17H19N3O3S/c1-19(13-5-3-2-4-6-13)16(21)14-11-24-15(18-14)12-7-9-20(10-8-12)17(22)23/h2-6,11-12H,7-10H2,1H3,(H,22,23). The lowest BCUT2D eigenvalue weighted by Crippen LogP contribution is -2.36. The quantitative estimate of drug-likeness (QED) is 0.926. The molecule has 0 atom stereocenters.